The van der Waals surface area contributed by atoms with Crippen LogP contribution in [0.3, 0.4) is 0 Å². The minimum atomic E-state index is -0.343. The van der Waals surface area contributed by atoms with Crippen molar-refractivity contribution in [3.05, 3.63) is 51.4 Å². The molecule has 0 radical (unpaired) electrons. The van der Waals surface area contributed by atoms with Gasteiger partial charge in [0.15, 0.2) is 11.5 Å². The summed E-state index contributed by atoms with van der Waals surface area (Å²) in [5.74, 6) is 0.986. The van der Waals surface area contributed by atoms with Gasteiger partial charge in [-0.05, 0) is 42.7 Å². The summed E-state index contributed by atoms with van der Waals surface area (Å²) in [7, 11) is 4.91. The molecule has 0 saturated carbocycles. The van der Waals surface area contributed by atoms with E-state index in [0.717, 1.165) is 17.5 Å². The molecule has 7 nitrogen and oxygen atoms in total. The lowest BCUT2D eigenvalue weighted by Gasteiger charge is -2.15. The fourth-order valence-corrected chi connectivity index (χ4v) is 3.44. The first-order valence-electron chi connectivity index (χ1n) is 9.70. The average molecular weight is 432 g/mol. The van der Waals surface area contributed by atoms with E-state index in [4.69, 9.17) is 21.1 Å². The highest BCUT2D eigenvalue weighted by atomic mass is 35.5. The van der Waals surface area contributed by atoms with Crippen molar-refractivity contribution in [1.82, 2.24) is 9.13 Å². The number of hydrogen-bond donors (Lipinski definition) is 1. The molecule has 3 rings (SSSR count). The molecule has 0 aliphatic heterocycles. The van der Waals surface area contributed by atoms with Crippen LogP contribution in [0.2, 0.25) is 5.02 Å². The van der Waals surface area contributed by atoms with Crippen molar-refractivity contribution in [3.63, 3.8) is 0 Å². The minimum Gasteiger partial charge on any atom is -0.493 e. The predicted molar refractivity (Wildman–Crippen MR) is 119 cm³/mol. The number of hydrogen-bond acceptors (Lipinski definition) is 4. The lowest BCUT2D eigenvalue weighted by atomic mass is 10.1. The van der Waals surface area contributed by atoms with Crippen molar-refractivity contribution in [3.8, 4) is 11.5 Å². The molecule has 0 unspecified atom stereocenters. The minimum absolute atomic E-state index is 0.127. The van der Waals surface area contributed by atoms with E-state index in [2.05, 4.69) is 19.2 Å². The van der Waals surface area contributed by atoms with Gasteiger partial charge in [-0.2, -0.15) is 0 Å². The average Bonchev–Trinajstić information content (AvgIpc) is 2.92. The summed E-state index contributed by atoms with van der Waals surface area (Å²) in [6.07, 6.45) is 0.881. The molecule has 2 aromatic carbocycles. The van der Waals surface area contributed by atoms with Gasteiger partial charge < -0.3 is 14.8 Å². The van der Waals surface area contributed by atoms with E-state index in [-0.39, 0.29) is 11.6 Å². The number of rotatable bonds is 7. The molecule has 0 aliphatic rings. The number of imidazole rings is 1. The van der Waals surface area contributed by atoms with E-state index < -0.39 is 0 Å². The van der Waals surface area contributed by atoms with Gasteiger partial charge in [-0.25, -0.2) is 4.79 Å². The second-order valence-corrected chi connectivity index (χ2v) is 7.99. The number of nitrogens with one attached hydrogen (secondary N) is 1. The van der Waals surface area contributed by atoms with Crippen LogP contribution in [0.15, 0.2) is 35.1 Å². The van der Waals surface area contributed by atoms with Gasteiger partial charge in [0.1, 0.15) is 0 Å². The zero-order valence-electron chi connectivity index (χ0n) is 17.8. The summed E-state index contributed by atoms with van der Waals surface area (Å²) in [5.41, 5.74) is 2.30. The monoisotopic (exact) mass is 431 g/mol. The Morgan fingerprint density at radius 1 is 1.13 bits per heavy atom. The summed E-state index contributed by atoms with van der Waals surface area (Å²) < 4.78 is 14.3. The third-order valence-corrected chi connectivity index (χ3v) is 5.24. The number of aromatic nitrogens is 2. The van der Waals surface area contributed by atoms with Crippen LogP contribution in [0, 0.1) is 5.92 Å². The summed E-state index contributed by atoms with van der Waals surface area (Å²) in [6, 6.07) is 8.47. The zero-order valence-corrected chi connectivity index (χ0v) is 18.5. The molecule has 160 valence electrons. The van der Waals surface area contributed by atoms with Gasteiger partial charge in [-0.1, -0.05) is 25.4 Å². The van der Waals surface area contributed by atoms with E-state index in [9.17, 15) is 9.59 Å². The first-order valence-corrected chi connectivity index (χ1v) is 10.1. The summed E-state index contributed by atoms with van der Waals surface area (Å²) in [4.78, 5) is 24.9. The fraction of sp³-hybridized carbons (Fsp3) is 0.364. The highest BCUT2D eigenvalue weighted by molar-refractivity contribution is 6.32. The Hall–Kier alpha value is -2.93. The van der Waals surface area contributed by atoms with Crippen LogP contribution >= 0.6 is 11.6 Å². The molecular weight excluding hydrogens is 406 g/mol. The number of methoxy groups -OCH3 is 1. The smallest absolute Gasteiger partial charge is 0.328 e. The lowest BCUT2D eigenvalue weighted by molar-refractivity contribution is 0.102. The van der Waals surface area contributed by atoms with Crippen molar-refractivity contribution < 1.29 is 14.3 Å². The van der Waals surface area contributed by atoms with Gasteiger partial charge in [-0.15, -0.1) is 0 Å². The van der Waals surface area contributed by atoms with Gasteiger partial charge in [0.2, 0.25) is 0 Å². The normalized spacial score (nSPS) is 11.2. The maximum Gasteiger partial charge on any atom is 0.328 e. The Labute approximate surface area is 180 Å². The number of carbonyl (C=O) groups is 1. The molecule has 3 aromatic rings. The highest BCUT2D eigenvalue weighted by Gasteiger charge is 2.17. The molecule has 0 aliphatic carbocycles. The Morgan fingerprint density at radius 2 is 1.83 bits per heavy atom. The molecule has 0 saturated heterocycles. The van der Waals surface area contributed by atoms with Crippen molar-refractivity contribution >= 4 is 34.2 Å². The van der Waals surface area contributed by atoms with Gasteiger partial charge in [0.25, 0.3) is 5.91 Å². The van der Waals surface area contributed by atoms with Crippen LogP contribution in [0.4, 0.5) is 5.69 Å². The Morgan fingerprint density at radius 3 is 2.50 bits per heavy atom. The molecule has 1 aromatic heterocycles. The van der Waals surface area contributed by atoms with E-state index in [1.807, 2.05) is 0 Å². The summed E-state index contributed by atoms with van der Waals surface area (Å²) in [5, 5.41) is 3.15. The number of aryl methyl sites for hydroxylation is 2. The quantitative estimate of drug-likeness (QED) is 0.607. The van der Waals surface area contributed by atoms with Crippen molar-refractivity contribution in [2.45, 2.75) is 20.3 Å². The van der Waals surface area contributed by atoms with E-state index >= 15 is 0 Å². The largest absolute Gasteiger partial charge is 0.493 e. The number of halogens is 1. The van der Waals surface area contributed by atoms with Gasteiger partial charge in [-0.3, -0.25) is 13.9 Å². The topological polar surface area (TPSA) is 74.5 Å². The molecule has 1 amide bonds. The Kier molecular flexibility index (Phi) is 6.41. The first-order chi connectivity index (χ1) is 14.2. The van der Waals surface area contributed by atoms with Gasteiger partial charge in [0, 0.05) is 25.3 Å². The van der Waals surface area contributed by atoms with Crippen molar-refractivity contribution in [2.75, 3.05) is 19.0 Å². The maximum absolute atomic E-state index is 12.8. The van der Waals surface area contributed by atoms with Crippen LogP contribution in [-0.4, -0.2) is 28.8 Å². The molecule has 1 heterocycles. The van der Waals surface area contributed by atoms with Crippen LogP contribution in [-0.2, 0) is 14.1 Å². The molecule has 0 bridgehead atoms. The van der Waals surface area contributed by atoms with Crippen LogP contribution in [0.25, 0.3) is 11.0 Å². The number of anilines is 1. The Bertz CT molecular complexity index is 1150. The number of amides is 1. The molecule has 0 atom stereocenters. The van der Waals surface area contributed by atoms with E-state index in [1.54, 1.807) is 49.0 Å². The molecule has 0 fully saturated rings. The number of carbonyl (C=O) groups excluding carboxylic acids is 1. The number of ether oxygens (including phenoxy) is 2. The number of nitrogens with zero attached hydrogens (tertiary/aromatic N) is 2. The second kappa shape index (κ2) is 8.83. The first kappa shape index (κ1) is 21.8. The van der Waals surface area contributed by atoms with E-state index in [0.29, 0.717) is 40.3 Å². The molecular formula is C22H26ClN3O4. The van der Waals surface area contributed by atoms with Crippen LogP contribution in [0.5, 0.6) is 11.5 Å². The number of benzene rings is 2. The Balaban J connectivity index is 1.84. The third-order valence-electron chi connectivity index (χ3n) is 4.96. The summed E-state index contributed by atoms with van der Waals surface area (Å²) in [6.45, 7) is 4.73. The fourth-order valence-electron chi connectivity index (χ4n) is 3.18. The molecule has 30 heavy (non-hydrogen) atoms. The summed E-state index contributed by atoms with van der Waals surface area (Å²) >= 11 is 6.37. The van der Waals surface area contributed by atoms with Crippen molar-refractivity contribution in [2.24, 2.45) is 20.0 Å². The SMILES string of the molecule is COc1cc(C(=O)Nc2ccc3c(c2)n(C)c(=O)n3C)cc(Cl)c1OCCC(C)C. The predicted octanol–water partition coefficient (Wildman–Crippen LogP) is 4.22. The highest BCUT2D eigenvalue weighted by Crippen LogP contribution is 2.37. The standard InChI is InChI=1S/C22H26ClN3O4/c1-13(2)8-9-30-20-16(23)10-14(11-19(20)29-5)21(27)24-15-6-7-17-18(12-15)26(4)22(28)25(17)3/h6-7,10-13H,8-9H2,1-5H3,(H,24,27). The van der Waals surface area contributed by atoms with Gasteiger partial charge >= 0.3 is 5.69 Å². The van der Waals surface area contributed by atoms with Crippen molar-refractivity contribution in [1.29, 1.82) is 0 Å². The molecule has 8 heteroatoms. The third kappa shape index (κ3) is 4.31. The maximum atomic E-state index is 12.8. The number of fused-ring (bicyclic) bond motifs is 1. The molecule has 0 spiro atoms. The van der Waals surface area contributed by atoms with Gasteiger partial charge in [0.05, 0.1) is 29.8 Å². The molecule has 1 N–H and O–H groups in total. The second-order valence-electron chi connectivity index (χ2n) is 7.58. The lowest BCUT2D eigenvalue weighted by Crippen LogP contribution is -2.19. The zero-order chi connectivity index (χ0) is 22.0. The van der Waals surface area contributed by atoms with E-state index in [1.165, 1.54) is 11.7 Å². The van der Waals surface area contributed by atoms with Crippen LogP contribution < -0.4 is 20.5 Å². The van der Waals surface area contributed by atoms with Crippen LogP contribution in [0.1, 0.15) is 30.6 Å².